The molecule has 2 aromatic heterocycles. The average Bonchev–Trinajstić information content (AvgIpc) is 3.22. The minimum atomic E-state index is -0.110. The van der Waals surface area contributed by atoms with E-state index in [1.807, 2.05) is 11.4 Å². The van der Waals surface area contributed by atoms with Crippen LogP contribution in [0.4, 0.5) is 11.5 Å². The van der Waals surface area contributed by atoms with Gasteiger partial charge in [0, 0.05) is 28.8 Å². The highest BCUT2D eigenvalue weighted by Crippen LogP contribution is 2.40. The van der Waals surface area contributed by atoms with E-state index in [1.54, 1.807) is 12.4 Å². The molecule has 0 spiro atoms. The molecule has 6 nitrogen and oxygen atoms in total. The molecular weight excluding hydrogens is 322 g/mol. The van der Waals surface area contributed by atoms with Crippen molar-refractivity contribution in [2.75, 3.05) is 5.32 Å². The molecule has 0 radical (unpaired) electrons. The van der Waals surface area contributed by atoms with Crippen molar-refractivity contribution in [1.29, 1.82) is 0 Å². The first kappa shape index (κ1) is 15.3. The van der Waals surface area contributed by atoms with Crippen LogP contribution in [0.5, 0.6) is 0 Å². The van der Waals surface area contributed by atoms with Gasteiger partial charge in [0.05, 0.1) is 18.4 Å². The number of nitrogens with one attached hydrogen (secondary N) is 2. The van der Waals surface area contributed by atoms with Gasteiger partial charge in [0.1, 0.15) is 11.5 Å². The highest BCUT2D eigenvalue weighted by molar-refractivity contribution is 7.04. The zero-order valence-electron chi connectivity index (χ0n) is 13.7. The molecule has 1 aliphatic carbocycles. The predicted molar refractivity (Wildman–Crippen MR) is 95.2 cm³/mol. The molecule has 124 valence electrons. The summed E-state index contributed by atoms with van der Waals surface area (Å²) >= 11 is 1.37. The Labute approximate surface area is 144 Å². The third-order valence-corrected chi connectivity index (χ3v) is 5.47. The fourth-order valence-corrected chi connectivity index (χ4v) is 3.60. The van der Waals surface area contributed by atoms with Crippen LogP contribution in [-0.2, 0) is 6.54 Å². The van der Waals surface area contributed by atoms with E-state index in [4.69, 9.17) is 0 Å². The minimum absolute atomic E-state index is 0.110. The van der Waals surface area contributed by atoms with Crippen molar-refractivity contribution < 1.29 is 4.79 Å². The van der Waals surface area contributed by atoms with Crippen molar-refractivity contribution in [2.45, 2.75) is 39.3 Å². The zero-order valence-corrected chi connectivity index (χ0v) is 14.5. The number of amides is 1. The van der Waals surface area contributed by atoms with Gasteiger partial charge in [0.25, 0.3) is 5.91 Å². The Kier molecular flexibility index (Phi) is 3.60. The van der Waals surface area contributed by atoms with E-state index < -0.39 is 0 Å². The Hall–Kier alpha value is -2.28. The minimum Gasteiger partial charge on any atom is -0.347 e. The van der Waals surface area contributed by atoms with Gasteiger partial charge in [-0.1, -0.05) is 13.8 Å². The number of carbonyl (C=O) groups is 1. The SMILES string of the molecule is CC1(C)CCC1NC(=O)c1nc(Nc2cnsc2)cc2c1CN=C2. The molecule has 4 rings (SSSR count). The van der Waals surface area contributed by atoms with Crippen molar-refractivity contribution in [3.63, 3.8) is 0 Å². The number of carbonyl (C=O) groups excluding carboxylic acids is 1. The molecule has 1 atom stereocenters. The van der Waals surface area contributed by atoms with Crippen LogP contribution in [-0.4, -0.2) is 27.5 Å². The van der Waals surface area contributed by atoms with Crippen LogP contribution >= 0.6 is 11.5 Å². The molecule has 1 aliphatic heterocycles. The molecule has 0 bridgehead atoms. The van der Waals surface area contributed by atoms with E-state index in [-0.39, 0.29) is 17.4 Å². The van der Waals surface area contributed by atoms with Gasteiger partial charge in [0.15, 0.2) is 0 Å². The summed E-state index contributed by atoms with van der Waals surface area (Å²) in [6.45, 7) is 4.88. The summed E-state index contributed by atoms with van der Waals surface area (Å²) in [6, 6.07) is 2.13. The lowest BCUT2D eigenvalue weighted by atomic mass is 9.67. The first-order valence-corrected chi connectivity index (χ1v) is 8.87. The van der Waals surface area contributed by atoms with E-state index in [0.717, 1.165) is 29.7 Å². The molecule has 2 aromatic rings. The first-order valence-electron chi connectivity index (χ1n) is 8.04. The zero-order chi connectivity index (χ0) is 16.7. The summed E-state index contributed by atoms with van der Waals surface area (Å²) < 4.78 is 4.07. The van der Waals surface area contributed by atoms with Crippen LogP contribution in [0.2, 0.25) is 0 Å². The smallest absolute Gasteiger partial charge is 0.270 e. The van der Waals surface area contributed by atoms with Gasteiger partial charge in [-0.3, -0.25) is 9.79 Å². The molecule has 24 heavy (non-hydrogen) atoms. The number of anilines is 2. The van der Waals surface area contributed by atoms with Crippen molar-refractivity contribution in [2.24, 2.45) is 10.4 Å². The molecule has 2 N–H and O–H groups in total. The van der Waals surface area contributed by atoms with Crippen molar-refractivity contribution in [1.82, 2.24) is 14.7 Å². The van der Waals surface area contributed by atoms with E-state index in [9.17, 15) is 4.79 Å². The van der Waals surface area contributed by atoms with Gasteiger partial charge in [-0.05, 0) is 35.9 Å². The molecule has 1 amide bonds. The van der Waals surface area contributed by atoms with Crippen LogP contribution < -0.4 is 10.6 Å². The van der Waals surface area contributed by atoms with Gasteiger partial charge >= 0.3 is 0 Å². The summed E-state index contributed by atoms with van der Waals surface area (Å²) in [6.07, 6.45) is 5.71. The van der Waals surface area contributed by atoms with Crippen LogP contribution in [0.1, 0.15) is 48.3 Å². The van der Waals surface area contributed by atoms with Crippen LogP contribution in [0.15, 0.2) is 22.6 Å². The number of hydrogen-bond acceptors (Lipinski definition) is 6. The number of aromatic nitrogens is 2. The van der Waals surface area contributed by atoms with E-state index in [0.29, 0.717) is 18.1 Å². The van der Waals surface area contributed by atoms with Gasteiger partial charge in [-0.25, -0.2) is 4.98 Å². The van der Waals surface area contributed by atoms with Crippen molar-refractivity contribution in [3.8, 4) is 0 Å². The van der Waals surface area contributed by atoms with E-state index in [1.165, 1.54) is 11.5 Å². The molecule has 2 aliphatic rings. The molecule has 0 aromatic carbocycles. The van der Waals surface area contributed by atoms with Crippen LogP contribution in [0, 0.1) is 5.41 Å². The summed E-state index contributed by atoms with van der Waals surface area (Å²) in [5, 5.41) is 8.25. The second-order valence-corrected chi connectivity index (χ2v) is 7.64. The Morgan fingerprint density at radius 3 is 2.96 bits per heavy atom. The van der Waals surface area contributed by atoms with Gasteiger partial charge in [-0.2, -0.15) is 4.37 Å². The van der Waals surface area contributed by atoms with Gasteiger partial charge < -0.3 is 10.6 Å². The third-order valence-electron chi connectivity index (χ3n) is 4.88. The second kappa shape index (κ2) is 5.66. The fraction of sp³-hybridized carbons (Fsp3) is 0.412. The van der Waals surface area contributed by atoms with Gasteiger partial charge in [0.2, 0.25) is 0 Å². The average molecular weight is 341 g/mol. The Bertz CT molecular complexity index is 813. The maximum absolute atomic E-state index is 12.8. The number of nitrogens with zero attached hydrogens (tertiary/aromatic N) is 3. The topological polar surface area (TPSA) is 79.3 Å². The molecule has 1 unspecified atom stereocenters. The monoisotopic (exact) mass is 341 g/mol. The number of hydrogen-bond donors (Lipinski definition) is 2. The second-order valence-electron chi connectivity index (χ2n) is 6.99. The van der Waals surface area contributed by atoms with Crippen LogP contribution in [0.25, 0.3) is 0 Å². The molecule has 1 fully saturated rings. The molecule has 7 heteroatoms. The Morgan fingerprint density at radius 2 is 2.29 bits per heavy atom. The Balaban J connectivity index is 1.62. The maximum atomic E-state index is 12.8. The maximum Gasteiger partial charge on any atom is 0.270 e. The number of aliphatic imine (C=N–C) groups is 1. The number of fused-ring (bicyclic) bond motifs is 1. The molecule has 1 saturated carbocycles. The fourth-order valence-electron chi connectivity index (χ4n) is 3.13. The number of rotatable bonds is 4. The predicted octanol–water partition coefficient (Wildman–Crippen LogP) is 3.13. The molecular formula is C17H19N5OS. The lowest BCUT2D eigenvalue weighted by Crippen LogP contribution is -2.52. The van der Waals surface area contributed by atoms with Crippen LogP contribution in [0.3, 0.4) is 0 Å². The highest BCUT2D eigenvalue weighted by Gasteiger charge is 2.39. The van der Waals surface area contributed by atoms with E-state index in [2.05, 4.69) is 38.8 Å². The third kappa shape index (κ3) is 2.69. The summed E-state index contributed by atoms with van der Waals surface area (Å²) in [5.41, 5.74) is 3.35. The van der Waals surface area contributed by atoms with Crippen molar-refractivity contribution >= 4 is 35.2 Å². The van der Waals surface area contributed by atoms with Crippen molar-refractivity contribution in [3.05, 3.63) is 34.5 Å². The van der Waals surface area contributed by atoms with E-state index >= 15 is 0 Å². The standard InChI is InChI=1S/C17H19N5OS/c1-17(2)4-3-13(17)21-16(23)15-12-8-18-6-10(12)5-14(22-15)20-11-7-19-24-9-11/h5-7,9,13H,3-4,8H2,1-2H3,(H,20,22)(H,21,23). The lowest BCUT2D eigenvalue weighted by Gasteiger charge is -2.44. The summed E-state index contributed by atoms with van der Waals surface area (Å²) in [5.74, 6) is 0.530. The quantitative estimate of drug-likeness (QED) is 0.895. The largest absolute Gasteiger partial charge is 0.347 e. The Morgan fingerprint density at radius 1 is 1.42 bits per heavy atom. The summed E-state index contributed by atoms with van der Waals surface area (Å²) in [4.78, 5) is 21.6. The molecule has 3 heterocycles. The number of pyridine rings is 1. The lowest BCUT2D eigenvalue weighted by molar-refractivity contribution is 0.0727. The van der Waals surface area contributed by atoms with Gasteiger partial charge in [-0.15, -0.1) is 0 Å². The highest BCUT2D eigenvalue weighted by atomic mass is 32.1. The first-order chi connectivity index (χ1) is 11.5. The summed E-state index contributed by atoms with van der Waals surface area (Å²) in [7, 11) is 0. The molecule has 0 saturated heterocycles. The normalized spacial score (nSPS) is 20.3.